The first-order chi connectivity index (χ1) is 7.72. The first kappa shape index (κ1) is 13.4. The SMILES string of the molecule is Cc1cc(NC(C)(C)C(=O)O)nc(C(C)C)n1. The minimum atomic E-state index is -1.05. The number of aryl methyl sites for hydroxylation is 1. The van der Waals surface area contributed by atoms with Crippen LogP contribution >= 0.6 is 0 Å². The van der Waals surface area contributed by atoms with E-state index >= 15 is 0 Å². The van der Waals surface area contributed by atoms with Crippen molar-refractivity contribution < 1.29 is 9.90 Å². The zero-order valence-electron chi connectivity index (χ0n) is 10.9. The standard InChI is InChI=1S/C12H19N3O2/c1-7(2)10-13-8(3)6-9(14-10)15-12(4,5)11(16)17/h6-7H,1-5H3,(H,16,17)(H,13,14,15). The minimum absolute atomic E-state index is 0.211. The van der Waals surface area contributed by atoms with E-state index in [1.807, 2.05) is 20.8 Å². The lowest BCUT2D eigenvalue weighted by molar-refractivity contribution is -0.141. The predicted molar refractivity (Wildman–Crippen MR) is 66.2 cm³/mol. The number of carboxylic acid groups (broad SMARTS) is 1. The number of nitrogens with zero attached hydrogens (tertiary/aromatic N) is 2. The Bertz CT molecular complexity index is 428. The van der Waals surface area contributed by atoms with Gasteiger partial charge >= 0.3 is 5.97 Å². The summed E-state index contributed by atoms with van der Waals surface area (Å²) < 4.78 is 0. The largest absolute Gasteiger partial charge is 0.480 e. The Hall–Kier alpha value is -1.65. The van der Waals surface area contributed by atoms with Crippen LogP contribution in [-0.4, -0.2) is 26.6 Å². The highest BCUT2D eigenvalue weighted by Crippen LogP contribution is 2.17. The van der Waals surface area contributed by atoms with Crippen LogP contribution in [0.4, 0.5) is 5.82 Å². The van der Waals surface area contributed by atoms with E-state index in [2.05, 4.69) is 15.3 Å². The number of carbonyl (C=O) groups is 1. The minimum Gasteiger partial charge on any atom is -0.480 e. The summed E-state index contributed by atoms with van der Waals surface area (Å²) in [5, 5.41) is 11.9. The van der Waals surface area contributed by atoms with Gasteiger partial charge in [0.2, 0.25) is 0 Å². The summed E-state index contributed by atoms with van der Waals surface area (Å²) in [4.78, 5) is 19.6. The molecule has 5 nitrogen and oxygen atoms in total. The van der Waals surface area contributed by atoms with Crippen molar-refractivity contribution in [2.75, 3.05) is 5.32 Å². The van der Waals surface area contributed by atoms with E-state index in [0.29, 0.717) is 11.6 Å². The monoisotopic (exact) mass is 237 g/mol. The highest BCUT2D eigenvalue weighted by molar-refractivity contribution is 5.81. The second-order valence-electron chi connectivity index (χ2n) is 4.96. The molecule has 0 saturated heterocycles. The van der Waals surface area contributed by atoms with Crippen LogP contribution in [-0.2, 0) is 4.79 Å². The molecule has 2 N–H and O–H groups in total. The van der Waals surface area contributed by atoms with Crippen molar-refractivity contribution in [1.29, 1.82) is 0 Å². The van der Waals surface area contributed by atoms with Gasteiger partial charge in [-0.2, -0.15) is 0 Å². The van der Waals surface area contributed by atoms with Crippen LogP contribution in [0.2, 0.25) is 0 Å². The number of carboxylic acids is 1. The van der Waals surface area contributed by atoms with Crippen molar-refractivity contribution >= 4 is 11.8 Å². The molecule has 0 aliphatic rings. The second-order valence-corrected chi connectivity index (χ2v) is 4.96. The highest BCUT2D eigenvalue weighted by atomic mass is 16.4. The molecular formula is C12H19N3O2. The van der Waals surface area contributed by atoms with Crippen molar-refractivity contribution in [2.24, 2.45) is 0 Å². The molecule has 1 rings (SSSR count). The van der Waals surface area contributed by atoms with Gasteiger partial charge in [-0.25, -0.2) is 14.8 Å². The van der Waals surface area contributed by atoms with Crippen molar-refractivity contribution in [1.82, 2.24) is 9.97 Å². The van der Waals surface area contributed by atoms with Crippen molar-refractivity contribution in [3.05, 3.63) is 17.6 Å². The van der Waals surface area contributed by atoms with Crippen LogP contribution in [0.25, 0.3) is 0 Å². The average molecular weight is 237 g/mol. The van der Waals surface area contributed by atoms with Crippen LogP contribution in [0.3, 0.4) is 0 Å². The highest BCUT2D eigenvalue weighted by Gasteiger charge is 2.27. The molecule has 1 heterocycles. The Morgan fingerprint density at radius 2 is 2.00 bits per heavy atom. The maximum atomic E-state index is 11.0. The molecule has 0 aliphatic carbocycles. The van der Waals surface area contributed by atoms with E-state index in [1.165, 1.54) is 0 Å². The predicted octanol–water partition coefficient (Wildman–Crippen LogP) is 2.18. The van der Waals surface area contributed by atoms with E-state index in [-0.39, 0.29) is 5.92 Å². The summed E-state index contributed by atoms with van der Waals surface area (Å²) in [6, 6.07) is 1.75. The molecule has 0 unspecified atom stereocenters. The Morgan fingerprint density at radius 1 is 1.41 bits per heavy atom. The Morgan fingerprint density at radius 3 is 2.47 bits per heavy atom. The fourth-order valence-corrected chi connectivity index (χ4v) is 1.29. The third kappa shape index (κ3) is 3.41. The van der Waals surface area contributed by atoms with Crippen LogP contribution in [0.5, 0.6) is 0 Å². The van der Waals surface area contributed by atoms with E-state index in [0.717, 1.165) is 5.69 Å². The Labute approximate surface area is 101 Å². The number of hydrogen-bond donors (Lipinski definition) is 2. The first-order valence-electron chi connectivity index (χ1n) is 5.59. The van der Waals surface area contributed by atoms with Gasteiger partial charge in [-0.1, -0.05) is 13.8 Å². The quantitative estimate of drug-likeness (QED) is 0.839. The van der Waals surface area contributed by atoms with E-state index in [9.17, 15) is 4.79 Å². The molecule has 0 saturated carbocycles. The number of rotatable bonds is 4. The average Bonchev–Trinajstić information content (AvgIpc) is 2.15. The summed E-state index contributed by atoms with van der Waals surface area (Å²) in [7, 11) is 0. The molecule has 0 amide bonds. The normalized spacial score (nSPS) is 11.6. The molecule has 1 aromatic rings. The maximum absolute atomic E-state index is 11.0. The molecule has 0 fully saturated rings. The first-order valence-corrected chi connectivity index (χ1v) is 5.59. The molecule has 17 heavy (non-hydrogen) atoms. The van der Waals surface area contributed by atoms with Crippen molar-refractivity contribution in [3.63, 3.8) is 0 Å². The number of aliphatic carboxylic acids is 1. The summed E-state index contributed by atoms with van der Waals surface area (Å²) in [5.41, 5.74) is -0.220. The summed E-state index contributed by atoms with van der Waals surface area (Å²) in [6.45, 7) is 9.07. The molecule has 94 valence electrons. The van der Waals surface area contributed by atoms with Gasteiger partial charge in [-0.3, -0.25) is 0 Å². The lowest BCUT2D eigenvalue weighted by atomic mass is 10.1. The molecule has 0 spiro atoms. The van der Waals surface area contributed by atoms with Crippen LogP contribution in [0, 0.1) is 6.92 Å². The Kier molecular flexibility index (Phi) is 3.70. The van der Waals surface area contributed by atoms with E-state index in [1.54, 1.807) is 19.9 Å². The number of hydrogen-bond acceptors (Lipinski definition) is 4. The number of anilines is 1. The van der Waals surface area contributed by atoms with Crippen LogP contribution < -0.4 is 5.32 Å². The summed E-state index contributed by atoms with van der Waals surface area (Å²) in [5.74, 6) is 0.561. The summed E-state index contributed by atoms with van der Waals surface area (Å²) >= 11 is 0. The molecular weight excluding hydrogens is 218 g/mol. The van der Waals surface area contributed by atoms with Gasteiger partial charge in [0.25, 0.3) is 0 Å². The van der Waals surface area contributed by atoms with Gasteiger partial charge in [0.15, 0.2) is 0 Å². The topological polar surface area (TPSA) is 75.1 Å². The summed E-state index contributed by atoms with van der Waals surface area (Å²) in [6.07, 6.45) is 0. The third-order valence-electron chi connectivity index (χ3n) is 2.36. The van der Waals surface area contributed by atoms with Gasteiger partial charge in [-0.05, 0) is 20.8 Å². The van der Waals surface area contributed by atoms with Gasteiger partial charge < -0.3 is 10.4 Å². The van der Waals surface area contributed by atoms with Crippen molar-refractivity contribution in [2.45, 2.75) is 46.1 Å². The molecule has 0 aromatic carbocycles. The smallest absolute Gasteiger partial charge is 0.328 e. The number of aromatic nitrogens is 2. The second kappa shape index (κ2) is 4.69. The molecule has 0 radical (unpaired) electrons. The molecule has 0 bridgehead atoms. The van der Waals surface area contributed by atoms with E-state index < -0.39 is 11.5 Å². The lowest BCUT2D eigenvalue weighted by Gasteiger charge is -2.22. The number of nitrogens with one attached hydrogen (secondary N) is 1. The molecule has 5 heteroatoms. The van der Waals surface area contributed by atoms with E-state index in [4.69, 9.17) is 5.11 Å². The Balaban J connectivity index is 3.03. The van der Waals surface area contributed by atoms with Gasteiger partial charge in [0.1, 0.15) is 17.2 Å². The van der Waals surface area contributed by atoms with Crippen LogP contribution in [0.1, 0.15) is 45.1 Å². The van der Waals surface area contributed by atoms with Gasteiger partial charge in [0, 0.05) is 17.7 Å². The zero-order valence-corrected chi connectivity index (χ0v) is 10.9. The van der Waals surface area contributed by atoms with Crippen molar-refractivity contribution in [3.8, 4) is 0 Å². The lowest BCUT2D eigenvalue weighted by Crippen LogP contribution is -2.40. The third-order valence-corrected chi connectivity index (χ3v) is 2.36. The fraction of sp³-hybridized carbons (Fsp3) is 0.583. The van der Waals surface area contributed by atoms with Crippen LogP contribution in [0.15, 0.2) is 6.07 Å². The molecule has 0 aliphatic heterocycles. The molecule has 1 aromatic heterocycles. The fourth-order valence-electron chi connectivity index (χ4n) is 1.29. The zero-order chi connectivity index (χ0) is 13.2. The molecule has 0 atom stereocenters. The maximum Gasteiger partial charge on any atom is 0.328 e. The van der Waals surface area contributed by atoms with Gasteiger partial charge in [0.05, 0.1) is 0 Å². The van der Waals surface area contributed by atoms with Gasteiger partial charge in [-0.15, -0.1) is 0 Å².